The van der Waals surface area contributed by atoms with Crippen molar-refractivity contribution in [1.82, 2.24) is 4.90 Å². The van der Waals surface area contributed by atoms with E-state index in [4.69, 9.17) is 16.9 Å². The molecule has 0 bridgehead atoms. The Hall–Kier alpha value is -1.98. The maximum absolute atomic E-state index is 13.2. The van der Waals surface area contributed by atoms with Crippen molar-refractivity contribution >= 4 is 23.4 Å². The van der Waals surface area contributed by atoms with Crippen LogP contribution >= 0.6 is 11.6 Å². The first-order valence-corrected chi connectivity index (χ1v) is 8.07. The van der Waals surface area contributed by atoms with Gasteiger partial charge in [-0.1, -0.05) is 11.6 Å². The zero-order valence-corrected chi connectivity index (χ0v) is 14.0. The average Bonchev–Trinajstić information content (AvgIpc) is 2.56. The van der Waals surface area contributed by atoms with E-state index in [0.717, 1.165) is 0 Å². The number of amides is 1. The predicted molar refractivity (Wildman–Crippen MR) is 86.2 cm³/mol. The number of nitrogens with zero attached hydrogens (tertiary/aromatic N) is 2. The first kappa shape index (κ1) is 19.3. The monoisotopic (exact) mass is 375 g/mol. The molecule has 1 aliphatic rings. The smallest absolute Gasteiger partial charge is 0.426 e. The van der Waals surface area contributed by atoms with Crippen molar-refractivity contribution in [3.8, 4) is 6.07 Å². The van der Waals surface area contributed by atoms with Gasteiger partial charge in [0.05, 0.1) is 12.0 Å². The number of alkyl halides is 3. The number of halogens is 4. The Bertz CT molecular complexity index is 631. The topological polar surface area (TPSA) is 65.4 Å². The summed E-state index contributed by atoms with van der Waals surface area (Å²) in [6, 6.07) is 7.96. The van der Waals surface area contributed by atoms with Gasteiger partial charge in [0, 0.05) is 23.8 Å². The van der Waals surface area contributed by atoms with Crippen LogP contribution in [0.1, 0.15) is 12.8 Å². The van der Waals surface area contributed by atoms with E-state index in [0.29, 0.717) is 24.4 Å². The molecule has 136 valence electrons. The number of nitrogens with one attached hydrogen (secondary N) is 1. The molecule has 0 spiro atoms. The molecule has 5 nitrogen and oxygen atoms in total. The molecule has 1 aromatic rings. The Labute approximate surface area is 148 Å². The van der Waals surface area contributed by atoms with Crippen molar-refractivity contribution < 1.29 is 22.7 Å². The molecule has 2 atom stereocenters. The van der Waals surface area contributed by atoms with Crippen LogP contribution in [-0.2, 0) is 4.74 Å². The van der Waals surface area contributed by atoms with Gasteiger partial charge in [0.25, 0.3) is 0 Å². The lowest BCUT2D eigenvalue weighted by Gasteiger charge is -2.32. The number of likely N-dealkylation sites (tertiary alicyclic amines) is 1. The highest BCUT2D eigenvalue weighted by Crippen LogP contribution is 2.26. The summed E-state index contributed by atoms with van der Waals surface area (Å²) in [7, 11) is 0. The molecule has 1 fully saturated rings. The van der Waals surface area contributed by atoms with Crippen molar-refractivity contribution in [1.29, 1.82) is 5.26 Å². The number of hydrogen-bond acceptors (Lipinski definition) is 4. The number of rotatable bonds is 4. The van der Waals surface area contributed by atoms with E-state index < -0.39 is 24.9 Å². The molecule has 9 heteroatoms. The van der Waals surface area contributed by atoms with Gasteiger partial charge in [-0.05, 0) is 43.7 Å². The number of benzene rings is 1. The fraction of sp³-hybridized carbons (Fsp3) is 0.500. The summed E-state index contributed by atoms with van der Waals surface area (Å²) >= 11 is 5.70. The van der Waals surface area contributed by atoms with Crippen LogP contribution in [0.15, 0.2) is 24.3 Å². The molecule has 0 aliphatic carbocycles. The zero-order chi connectivity index (χ0) is 18.4. The minimum atomic E-state index is -4.70. The minimum absolute atomic E-state index is 0.241. The van der Waals surface area contributed by atoms with E-state index in [1.54, 1.807) is 0 Å². The summed E-state index contributed by atoms with van der Waals surface area (Å²) in [5, 5.41) is 11.6. The second-order valence-corrected chi connectivity index (χ2v) is 6.23. The zero-order valence-electron chi connectivity index (χ0n) is 13.2. The van der Waals surface area contributed by atoms with Crippen molar-refractivity contribution in [3.05, 3.63) is 29.3 Å². The van der Waals surface area contributed by atoms with Crippen LogP contribution in [0.3, 0.4) is 0 Å². The Kier molecular flexibility index (Phi) is 6.51. The molecular weight excluding hydrogens is 359 g/mol. The van der Waals surface area contributed by atoms with Crippen LogP contribution in [0.4, 0.5) is 23.7 Å². The Morgan fingerprint density at radius 2 is 2.12 bits per heavy atom. The normalized spacial score (nSPS) is 19.7. The van der Waals surface area contributed by atoms with Gasteiger partial charge in [-0.3, -0.25) is 10.2 Å². The van der Waals surface area contributed by atoms with E-state index in [2.05, 4.69) is 16.1 Å². The van der Waals surface area contributed by atoms with Crippen molar-refractivity contribution in [2.75, 3.05) is 25.0 Å². The van der Waals surface area contributed by atoms with Gasteiger partial charge < -0.3 is 4.74 Å². The second kappa shape index (κ2) is 8.41. The lowest BCUT2D eigenvalue weighted by Crippen LogP contribution is -2.47. The fourth-order valence-electron chi connectivity index (χ4n) is 2.58. The predicted octanol–water partition coefficient (Wildman–Crippen LogP) is 4.05. The molecule has 1 saturated heterocycles. The summed E-state index contributed by atoms with van der Waals surface area (Å²) < 4.78 is 44.2. The third kappa shape index (κ3) is 6.11. The van der Waals surface area contributed by atoms with Gasteiger partial charge in [0.2, 0.25) is 6.10 Å². The maximum Gasteiger partial charge on any atom is 0.426 e. The molecule has 1 N–H and O–H groups in total. The SMILES string of the molecule is N#CC1CCCN(CC(OC(=O)Nc2ccc(Cl)cc2)C(F)(F)F)C1. The number of hydrogen-bond donors (Lipinski definition) is 1. The van der Waals surface area contributed by atoms with Gasteiger partial charge in [-0.25, -0.2) is 4.79 Å². The van der Waals surface area contributed by atoms with E-state index in [-0.39, 0.29) is 18.2 Å². The van der Waals surface area contributed by atoms with Gasteiger partial charge in [-0.2, -0.15) is 18.4 Å². The highest BCUT2D eigenvalue weighted by Gasteiger charge is 2.44. The molecule has 25 heavy (non-hydrogen) atoms. The quantitative estimate of drug-likeness (QED) is 0.862. The number of ether oxygens (including phenoxy) is 1. The number of carbonyl (C=O) groups excluding carboxylic acids is 1. The van der Waals surface area contributed by atoms with Gasteiger partial charge in [0.15, 0.2) is 0 Å². The second-order valence-electron chi connectivity index (χ2n) is 5.80. The molecule has 1 heterocycles. The van der Waals surface area contributed by atoms with Gasteiger partial charge >= 0.3 is 12.3 Å². The number of anilines is 1. The summed E-state index contributed by atoms with van der Waals surface area (Å²) in [6.45, 7) is 0.188. The van der Waals surface area contributed by atoms with E-state index >= 15 is 0 Å². The van der Waals surface area contributed by atoms with Crippen LogP contribution in [0.5, 0.6) is 0 Å². The third-order valence-corrected chi connectivity index (χ3v) is 4.07. The van der Waals surface area contributed by atoms with Crippen molar-refractivity contribution in [2.45, 2.75) is 25.1 Å². The molecular formula is C16H17ClF3N3O2. The average molecular weight is 376 g/mol. The van der Waals surface area contributed by atoms with Gasteiger partial charge in [-0.15, -0.1) is 0 Å². The molecule has 1 aliphatic heterocycles. The largest absolute Gasteiger partial charge is 0.435 e. The Morgan fingerprint density at radius 1 is 1.44 bits per heavy atom. The molecule has 0 radical (unpaired) electrons. The van der Waals surface area contributed by atoms with Crippen molar-refractivity contribution in [3.63, 3.8) is 0 Å². The van der Waals surface area contributed by atoms with E-state index in [9.17, 15) is 18.0 Å². The molecule has 2 rings (SSSR count). The molecule has 2 unspecified atom stereocenters. The molecule has 1 aromatic carbocycles. The Morgan fingerprint density at radius 3 is 2.72 bits per heavy atom. The van der Waals surface area contributed by atoms with Crippen LogP contribution in [0.2, 0.25) is 5.02 Å². The van der Waals surface area contributed by atoms with Crippen LogP contribution in [-0.4, -0.2) is 42.9 Å². The highest BCUT2D eigenvalue weighted by molar-refractivity contribution is 6.30. The van der Waals surface area contributed by atoms with E-state index in [1.165, 1.54) is 29.2 Å². The molecule has 0 saturated carbocycles. The van der Waals surface area contributed by atoms with Crippen LogP contribution in [0, 0.1) is 17.2 Å². The summed E-state index contributed by atoms with van der Waals surface area (Å²) in [4.78, 5) is 13.3. The first-order chi connectivity index (χ1) is 11.8. The summed E-state index contributed by atoms with van der Waals surface area (Å²) in [5.74, 6) is -0.300. The van der Waals surface area contributed by atoms with E-state index in [1.807, 2.05) is 0 Å². The highest BCUT2D eigenvalue weighted by atomic mass is 35.5. The number of carbonyl (C=O) groups is 1. The molecule has 1 amide bonds. The lowest BCUT2D eigenvalue weighted by atomic mass is 9.99. The fourth-order valence-corrected chi connectivity index (χ4v) is 2.70. The van der Waals surface area contributed by atoms with Crippen LogP contribution < -0.4 is 5.32 Å². The molecule has 0 aromatic heterocycles. The lowest BCUT2D eigenvalue weighted by molar-refractivity contribution is -0.207. The third-order valence-electron chi connectivity index (χ3n) is 3.82. The number of nitriles is 1. The number of piperidine rings is 1. The first-order valence-electron chi connectivity index (χ1n) is 7.70. The minimum Gasteiger partial charge on any atom is -0.435 e. The summed E-state index contributed by atoms with van der Waals surface area (Å²) in [5.41, 5.74) is 0.276. The van der Waals surface area contributed by atoms with Gasteiger partial charge in [0.1, 0.15) is 0 Å². The van der Waals surface area contributed by atoms with Crippen molar-refractivity contribution in [2.24, 2.45) is 5.92 Å². The summed E-state index contributed by atoms with van der Waals surface area (Å²) in [6.07, 6.45) is -6.85. The Balaban J connectivity index is 1.96. The van der Waals surface area contributed by atoms with Crippen LogP contribution in [0.25, 0.3) is 0 Å². The maximum atomic E-state index is 13.2. The standard InChI is InChI=1S/C16H17ClF3N3O2/c17-12-3-5-13(6-4-12)22-15(24)25-14(16(18,19)20)10-23-7-1-2-11(8-21)9-23/h3-6,11,14H,1-2,7,9-10H2,(H,22,24).